The Bertz CT molecular complexity index is 1440. The molecule has 0 atom stereocenters. The van der Waals surface area contributed by atoms with E-state index >= 15 is 0 Å². The van der Waals surface area contributed by atoms with Crippen molar-refractivity contribution in [3.05, 3.63) is 105 Å². The molecule has 0 saturated carbocycles. The highest BCUT2D eigenvalue weighted by atomic mass is 19.1. The number of hydrogen-bond donors (Lipinski definition) is 1. The average Bonchev–Trinajstić information content (AvgIpc) is 2.90. The molecule has 6 heteroatoms. The summed E-state index contributed by atoms with van der Waals surface area (Å²) < 4.78 is 15.2. The molecule has 2 heterocycles. The van der Waals surface area contributed by atoms with Crippen molar-refractivity contribution in [3.8, 4) is 22.7 Å². The lowest BCUT2D eigenvalue weighted by Gasteiger charge is -2.20. The van der Waals surface area contributed by atoms with E-state index in [1.807, 2.05) is 30.3 Å². The molecule has 0 aliphatic carbocycles. The van der Waals surface area contributed by atoms with Gasteiger partial charge in [0.25, 0.3) is 5.56 Å². The van der Waals surface area contributed by atoms with Crippen molar-refractivity contribution in [2.75, 3.05) is 0 Å². The zero-order valence-corrected chi connectivity index (χ0v) is 22.0. The summed E-state index contributed by atoms with van der Waals surface area (Å²) in [5, 5.41) is 10.9. The van der Waals surface area contributed by atoms with E-state index in [1.54, 1.807) is 17.6 Å². The van der Waals surface area contributed by atoms with Gasteiger partial charge in [-0.25, -0.2) is 4.98 Å². The van der Waals surface area contributed by atoms with Gasteiger partial charge in [-0.1, -0.05) is 69.7 Å². The summed E-state index contributed by atoms with van der Waals surface area (Å²) in [7, 11) is 0. The molecular weight excluding hydrogens is 465 g/mol. The molecule has 2 aromatic carbocycles. The SMILES string of the molecule is CCCCc1nc(O)c(Cc2ccc(-c3ccc(F)nc3C)cc2)c(=O)n1-c1c(CC)cccc1CC. The lowest BCUT2D eigenvalue weighted by molar-refractivity contribution is 0.437. The maximum atomic E-state index is 14.0. The van der Waals surface area contributed by atoms with Gasteiger partial charge >= 0.3 is 0 Å². The number of rotatable bonds is 9. The van der Waals surface area contributed by atoms with Crippen LogP contribution < -0.4 is 5.56 Å². The maximum absolute atomic E-state index is 14.0. The van der Waals surface area contributed by atoms with Gasteiger partial charge in [0.1, 0.15) is 5.82 Å². The summed E-state index contributed by atoms with van der Waals surface area (Å²) in [6.45, 7) is 8.05. The van der Waals surface area contributed by atoms with Crippen LogP contribution in [0.2, 0.25) is 0 Å². The predicted octanol–water partition coefficient (Wildman–Crippen LogP) is 6.51. The summed E-state index contributed by atoms with van der Waals surface area (Å²) in [4.78, 5) is 22.5. The van der Waals surface area contributed by atoms with Crippen molar-refractivity contribution in [3.63, 3.8) is 0 Å². The summed E-state index contributed by atoms with van der Waals surface area (Å²) >= 11 is 0. The van der Waals surface area contributed by atoms with E-state index in [2.05, 4.69) is 42.9 Å². The van der Waals surface area contributed by atoms with Crippen LogP contribution in [0.3, 0.4) is 0 Å². The number of pyridine rings is 1. The molecule has 0 fully saturated rings. The fraction of sp³-hybridized carbons (Fsp3) is 0.323. The van der Waals surface area contributed by atoms with Gasteiger partial charge in [0.2, 0.25) is 11.8 Å². The highest BCUT2D eigenvalue weighted by Gasteiger charge is 2.21. The molecule has 0 saturated heterocycles. The van der Waals surface area contributed by atoms with Gasteiger partial charge in [-0.3, -0.25) is 9.36 Å². The first kappa shape index (κ1) is 26.3. The van der Waals surface area contributed by atoms with E-state index in [1.165, 1.54) is 6.07 Å². The van der Waals surface area contributed by atoms with E-state index in [-0.39, 0.29) is 23.4 Å². The number of nitrogens with zero attached hydrogens (tertiary/aromatic N) is 3. The molecule has 0 radical (unpaired) electrons. The third-order valence-corrected chi connectivity index (χ3v) is 6.86. The number of aromatic nitrogens is 3. The Labute approximate surface area is 217 Å². The van der Waals surface area contributed by atoms with Crippen molar-refractivity contribution >= 4 is 0 Å². The predicted molar refractivity (Wildman–Crippen MR) is 146 cm³/mol. The number of halogens is 1. The first-order chi connectivity index (χ1) is 17.9. The van der Waals surface area contributed by atoms with Crippen LogP contribution in [0, 0.1) is 12.9 Å². The third kappa shape index (κ3) is 5.48. The van der Waals surface area contributed by atoms with Gasteiger partial charge in [-0.15, -0.1) is 0 Å². The quantitative estimate of drug-likeness (QED) is 0.267. The van der Waals surface area contributed by atoms with Gasteiger partial charge in [0.15, 0.2) is 0 Å². The van der Waals surface area contributed by atoms with Gasteiger partial charge in [-0.2, -0.15) is 9.37 Å². The number of hydrogen-bond acceptors (Lipinski definition) is 4. The second-order valence-corrected chi connectivity index (χ2v) is 9.35. The number of unbranched alkanes of at least 4 members (excludes halogenated alkanes) is 1. The number of para-hydroxylation sites is 1. The summed E-state index contributed by atoms with van der Waals surface area (Å²) in [5.74, 6) is -0.115. The standard InChI is InChI=1S/C31H34FN3O2/c1-5-8-12-28-34-30(36)26(31(37)35(28)29-22(6-2)10-9-11-23(29)7-3)19-21-13-15-24(16-14-21)25-17-18-27(32)33-20(25)4/h9-11,13-18,36H,5-8,12,19H2,1-4H3. The fourth-order valence-corrected chi connectivity index (χ4v) is 4.82. The smallest absolute Gasteiger partial charge is 0.265 e. The van der Waals surface area contributed by atoms with Crippen LogP contribution >= 0.6 is 0 Å². The molecule has 0 bridgehead atoms. The van der Waals surface area contributed by atoms with Crippen molar-refractivity contribution < 1.29 is 9.50 Å². The molecule has 5 nitrogen and oxygen atoms in total. The van der Waals surface area contributed by atoms with Crippen LogP contribution in [0.1, 0.15) is 67.4 Å². The number of aromatic hydroxyl groups is 1. The first-order valence-corrected chi connectivity index (χ1v) is 13.0. The summed E-state index contributed by atoms with van der Waals surface area (Å²) in [6, 6.07) is 16.9. The number of benzene rings is 2. The minimum atomic E-state index is -0.504. The van der Waals surface area contributed by atoms with Crippen molar-refractivity contribution in [1.82, 2.24) is 14.5 Å². The van der Waals surface area contributed by atoms with Crippen molar-refractivity contribution in [1.29, 1.82) is 0 Å². The molecule has 2 aromatic heterocycles. The average molecular weight is 500 g/mol. The Morgan fingerprint density at radius 3 is 2.19 bits per heavy atom. The molecule has 0 aliphatic rings. The first-order valence-electron chi connectivity index (χ1n) is 13.0. The van der Waals surface area contributed by atoms with Crippen molar-refractivity contribution in [2.24, 2.45) is 0 Å². The Balaban J connectivity index is 1.79. The Kier molecular flexibility index (Phi) is 8.17. The molecule has 1 N–H and O–H groups in total. The fourth-order valence-electron chi connectivity index (χ4n) is 4.82. The third-order valence-electron chi connectivity index (χ3n) is 6.86. The molecule has 4 rings (SSSR count). The van der Waals surface area contributed by atoms with Gasteiger partial charge < -0.3 is 5.11 Å². The molecule has 192 valence electrons. The van der Waals surface area contributed by atoms with Gasteiger partial charge in [-0.05, 0) is 60.6 Å². The van der Waals surface area contributed by atoms with Crippen LogP contribution in [-0.2, 0) is 25.7 Å². The minimum absolute atomic E-state index is 0.206. The molecule has 37 heavy (non-hydrogen) atoms. The highest BCUT2D eigenvalue weighted by Crippen LogP contribution is 2.26. The lowest BCUT2D eigenvalue weighted by atomic mass is 9.99. The molecule has 4 aromatic rings. The second kappa shape index (κ2) is 11.5. The summed E-state index contributed by atoms with van der Waals surface area (Å²) in [6.07, 6.45) is 4.28. The molecule has 0 unspecified atom stereocenters. The second-order valence-electron chi connectivity index (χ2n) is 9.35. The van der Waals surface area contributed by atoms with Crippen LogP contribution in [-0.4, -0.2) is 19.6 Å². The normalized spacial score (nSPS) is 11.2. The monoisotopic (exact) mass is 499 g/mol. The highest BCUT2D eigenvalue weighted by molar-refractivity contribution is 5.66. The van der Waals surface area contributed by atoms with E-state index < -0.39 is 5.95 Å². The summed E-state index contributed by atoms with van der Waals surface area (Å²) in [5.41, 5.74) is 6.37. The van der Waals surface area contributed by atoms with E-state index in [0.717, 1.165) is 59.2 Å². The van der Waals surface area contributed by atoms with Crippen LogP contribution in [0.15, 0.2) is 59.4 Å². The molecule has 0 spiro atoms. The van der Waals surface area contributed by atoms with E-state index in [4.69, 9.17) is 0 Å². The van der Waals surface area contributed by atoms with E-state index in [0.29, 0.717) is 17.9 Å². The Morgan fingerprint density at radius 1 is 0.919 bits per heavy atom. The Morgan fingerprint density at radius 2 is 1.59 bits per heavy atom. The zero-order valence-electron chi connectivity index (χ0n) is 22.0. The van der Waals surface area contributed by atoms with Crippen LogP contribution in [0.4, 0.5) is 4.39 Å². The maximum Gasteiger partial charge on any atom is 0.265 e. The molecule has 0 aliphatic heterocycles. The Hall–Kier alpha value is -3.80. The van der Waals surface area contributed by atoms with E-state index in [9.17, 15) is 14.3 Å². The zero-order chi connectivity index (χ0) is 26.5. The van der Waals surface area contributed by atoms with Crippen molar-refractivity contribution in [2.45, 2.75) is 66.2 Å². The largest absolute Gasteiger partial charge is 0.493 e. The van der Waals surface area contributed by atoms with Gasteiger partial charge in [0.05, 0.1) is 11.3 Å². The molecular formula is C31H34FN3O2. The number of aryl methyl sites for hydroxylation is 4. The topological polar surface area (TPSA) is 68.0 Å². The lowest BCUT2D eigenvalue weighted by Crippen LogP contribution is -2.29. The van der Waals surface area contributed by atoms with Crippen LogP contribution in [0.25, 0.3) is 16.8 Å². The minimum Gasteiger partial charge on any atom is -0.493 e. The van der Waals surface area contributed by atoms with Gasteiger partial charge in [0, 0.05) is 24.1 Å². The van der Waals surface area contributed by atoms with Crippen LogP contribution in [0.5, 0.6) is 5.88 Å². The molecule has 0 amide bonds.